The van der Waals surface area contributed by atoms with E-state index in [2.05, 4.69) is 0 Å². The van der Waals surface area contributed by atoms with Crippen LogP contribution in [0.1, 0.15) is 32.6 Å². The molecule has 0 aromatic heterocycles. The van der Waals surface area contributed by atoms with E-state index in [1.54, 1.807) is 6.92 Å². The molecule has 1 N–H and O–H groups in total. The number of hydrogen-bond donors (Lipinski definition) is 1. The Bertz CT molecular complexity index is 386. The summed E-state index contributed by atoms with van der Waals surface area (Å²) in [4.78, 5) is 25.6. The number of rotatable bonds is 3. The summed E-state index contributed by atoms with van der Waals surface area (Å²) in [5.74, 6) is 0.718. The number of hydrogen-bond acceptors (Lipinski definition) is 5. The summed E-state index contributed by atoms with van der Waals surface area (Å²) in [6.07, 6.45) is 3.03. The Morgan fingerprint density at radius 2 is 2.00 bits per heavy atom. The summed E-state index contributed by atoms with van der Waals surface area (Å²) >= 11 is 0. The van der Waals surface area contributed by atoms with Crippen molar-refractivity contribution < 1.29 is 24.2 Å². The van der Waals surface area contributed by atoms with E-state index in [1.807, 2.05) is 0 Å². The molecular weight excluding hydrogens is 274 g/mol. The molecule has 2 rings (SSSR count). The molecule has 0 radical (unpaired) electrons. The third-order valence-corrected chi connectivity index (χ3v) is 4.81. The number of nitrogens with zero attached hydrogens (tertiary/aromatic N) is 1. The number of esters is 1. The maximum atomic E-state index is 12.1. The van der Waals surface area contributed by atoms with Crippen LogP contribution >= 0.6 is 0 Å². The van der Waals surface area contributed by atoms with E-state index in [0.29, 0.717) is 37.3 Å². The Morgan fingerprint density at radius 1 is 1.24 bits per heavy atom. The van der Waals surface area contributed by atoms with Gasteiger partial charge in [0.25, 0.3) is 0 Å². The molecule has 6 nitrogen and oxygen atoms in total. The molecule has 6 heteroatoms. The van der Waals surface area contributed by atoms with Crippen molar-refractivity contribution in [3.05, 3.63) is 0 Å². The van der Waals surface area contributed by atoms with Gasteiger partial charge in [-0.05, 0) is 50.4 Å². The first kappa shape index (κ1) is 16.1. The van der Waals surface area contributed by atoms with Crippen LogP contribution in [0.25, 0.3) is 0 Å². The molecule has 2 fully saturated rings. The summed E-state index contributed by atoms with van der Waals surface area (Å²) in [7, 11) is 1.33. The van der Waals surface area contributed by atoms with Gasteiger partial charge in [0, 0.05) is 13.2 Å². The normalized spacial score (nSPS) is 32.2. The highest BCUT2D eigenvalue weighted by atomic mass is 16.6. The van der Waals surface area contributed by atoms with Crippen molar-refractivity contribution in [2.24, 2.45) is 17.8 Å². The fourth-order valence-electron chi connectivity index (χ4n) is 3.69. The number of aliphatic hydroxyl groups excluding tert-OH is 1. The number of amides is 1. The van der Waals surface area contributed by atoms with Crippen molar-refractivity contribution in [3.8, 4) is 0 Å². The Hall–Kier alpha value is -1.30. The van der Waals surface area contributed by atoms with Gasteiger partial charge in [0.2, 0.25) is 0 Å². The molecule has 0 aromatic rings. The monoisotopic (exact) mass is 299 g/mol. The van der Waals surface area contributed by atoms with Gasteiger partial charge in [0.05, 0.1) is 13.7 Å². The van der Waals surface area contributed by atoms with E-state index < -0.39 is 12.1 Å². The molecular formula is C15H25NO5. The number of methoxy groups -OCH3 is 1. The summed E-state index contributed by atoms with van der Waals surface area (Å²) in [6.45, 7) is 2.80. The largest absolute Gasteiger partial charge is 0.464 e. The van der Waals surface area contributed by atoms with Crippen LogP contribution in [0.4, 0.5) is 4.79 Å². The summed E-state index contributed by atoms with van der Waals surface area (Å²) in [5, 5.41) is 9.34. The zero-order chi connectivity index (χ0) is 15.4. The van der Waals surface area contributed by atoms with Crippen molar-refractivity contribution in [3.63, 3.8) is 0 Å². The quantitative estimate of drug-likeness (QED) is 0.798. The molecule has 0 aromatic carbocycles. The van der Waals surface area contributed by atoms with Crippen molar-refractivity contribution in [2.45, 2.75) is 38.6 Å². The van der Waals surface area contributed by atoms with E-state index in [1.165, 1.54) is 12.0 Å². The number of piperidine rings is 1. The molecule has 2 aliphatic rings. The number of carbonyl (C=O) groups is 2. The van der Waals surface area contributed by atoms with Gasteiger partial charge in [0.1, 0.15) is 6.04 Å². The van der Waals surface area contributed by atoms with Gasteiger partial charge < -0.3 is 14.6 Å². The molecule has 0 unspecified atom stereocenters. The van der Waals surface area contributed by atoms with Gasteiger partial charge in [-0.1, -0.05) is 0 Å². The lowest BCUT2D eigenvalue weighted by Crippen LogP contribution is -2.55. The van der Waals surface area contributed by atoms with E-state index in [4.69, 9.17) is 9.47 Å². The van der Waals surface area contributed by atoms with E-state index in [0.717, 1.165) is 19.3 Å². The molecule has 0 bridgehead atoms. The van der Waals surface area contributed by atoms with Crippen molar-refractivity contribution in [2.75, 3.05) is 26.9 Å². The second-order valence-electron chi connectivity index (χ2n) is 6.01. The van der Waals surface area contributed by atoms with Gasteiger partial charge >= 0.3 is 12.1 Å². The smallest absolute Gasteiger partial charge is 0.410 e. The van der Waals surface area contributed by atoms with Crippen LogP contribution in [0.2, 0.25) is 0 Å². The van der Waals surface area contributed by atoms with Crippen LogP contribution < -0.4 is 0 Å². The topological polar surface area (TPSA) is 76.1 Å². The second kappa shape index (κ2) is 7.11. The summed E-state index contributed by atoms with van der Waals surface area (Å²) in [6, 6.07) is -0.559. The maximum Gasteiger partial charge on any atom is 0.410 e. The molecule has 120 valence electrons. The zero-order valence-corrected chi connectivity index (χ0v) is 12.8. The fourth-order valence-corrected chi connectivity index (χ4v) is 3.69. The number of fused-ring (bicyclic) bond motifs is 1. The van der Waals surface area contributed by atoms with Crippen molar-refractivity contribution in [1.29, 1.82) is 0 Å². The fraction of sp³-hybridized carbons (Fsp3) is 0.867. The number of aliphatic hydroxyl groups is 1. The second-order valence-corrected chi connectivity index (χ2v) is 6.01. The number of likely N-dealkylation sites (tertiary alicyclic amines) is 1. The van der Waals surface area contributed by atoms with Crippen LogP contribution in [0, 0.1) is 17.8 Å². The van der Waals surface area contributed by atoms with E-state index in [9.17, 15) is 14.7 Å². The number of carbonyl (C=O) groups excluding carboxylic acids is 2. The minimum atomic E-state index is -0.559. The highest BCUT2D eigenvalue weighted by Crippen LogP contribution is 2.41. The third-order valence-electron chi connectivity index (χ3n) is 4.81. The molecule has 1 aliphatic carbocycles. The SMILES string of the molecule is CCOC(=O)[C@H]1C[C@@H]2C[C@H](CO)CC[C@@H]2CN1C(=O)OC. The molecule has 21 heavy (non-hydrogen) atoms. The molecule has 0 spiro atoms. The van der Waals surface area contributed by atoms with Gasteiger partial charge in [-0.15, -0.1) is 0 Å². The minimum absolute atomic E-state index is 0.202. The Kier molecular flexibility index (Phi) is 5.45. The predicted octanol–water partition coefficient (Wildman–Crippen LogP) is 1.42. The van der Waals surface area contributed by atoms with E-state index >= 15 is 0 Å². The van der Waals surface area contributed by atoms with E-state index in [-0.39, 0.29) is 12.6 Å². The Balaban J connectivity index is 2.11. The Labute approximate surface area is 125 Å². The molecule has 1 saturated carbocycles. The first-order valence-corrected chi connectivity index (χ1v) is 7.72. The Morgan fingerprint density at radius 3 is 2.62 bits per heavy atom. The molecule has 1 heterocycles. The highest BCUT2D eigenvalue weighted by molar-refractivity contribution is 5.81. The lowest BCUT2D eigenvalue weighted by molar-refractivity contribution is -0.152. The molecule has 1 saturated heterocycles. The first-order chi connectivity index (χ1) is 10.1. The van der Waals surface area contributed by atoms with Gasteiger partial charge in [-0.3, -0.25) is 4.90 Å². The number of ether oxygens (including phenoxy) is 2. The van der Waals surface area contributed by atoms with Crippen molar-refractivity contribution >= 4 is 12.1 Å². The predicted molar refractivity (Wildman–Crippen MR) is 75.6 cm³/mol. The minimum Gasteiger partial charge on any atom is -0.464 e. The third kappa shape index (κ3) is 3.48. The first-order valence-electron chi connectivity index (χ1n) is 7.72. The maximum absolute atomic E-state index is 12.1. The van der Waals surface area contributed by atoms with Gasteiger partial charge in [-0.25, -0.2) is 9.59 Å². The van der Waals surface area contributed by atoms with Crippen LogP contribution in [-0.2, 0) is 14.3 Å². The highest BCUT2D eigenvalue weighted by Gasteiger charge is 2.44. The lowest BCUT2D eigenvalue weighted by Gasteiger charge is -2.45. The standard InChI is InChI=1S/C15H25NO5/c1-3-21-14(18)13-7-12-6-10(9-17)4-5-11(12)8-16(13)15(19)20-2/h10-13,17H,3-9H2,1-2H3/t10-,11-,12+,13-/m1/s1. The van der Waals surface area contributed by atoms with Crippen LogP contribution in [0.15, 0.2) is 0 Å². The average molecular weight is 299 g/mol. The van der Waals surface area contributed by atoms with Gasteiger partial charge in [-0.2, -0.15) is 0 Å². The molecule has 1 amide bonds. The summed E-state index contributed by atoms with van der Waals surface area (Å²) in [5.41, 5.74) is 0. The van der Waals surface area contributed by atoms with Crippen LogP contribution in [-0.4, -0.2) is 55.0 Å². The van der Waals surface area contributed by atoms with Crippen molar-refractivity contribution in [1.82, 2.24) is 4.90 Å². The van der Waals surface area contributed by atoms with Crippen LogP contribution in [0.5, 0.6) is 0 Å². The average Bonchev–Trinajstić information content (AvgIpc) is 2.52. The molecule has 1 aliphatic heterocycles. The molecule has 4 atom stereocenters. The zero-order valence-electron chi connectivity index (χ0n) is 12.8. The van der Waals surface area contributed by atoms with Gasteiger partial charge in [0.15, 0.2) is 0 Å². The lowest BCUT2D eigenvalue weighted by atomic mass is 9.69. The summed E-state index contributed by atoms with van der Waals surface area (Å²) < 4.78 is 9.91. The van der Waals surface area contributed by atoms with Crippen LogP contribution in [0.3, 0.4) is 0 Å².